The van der Waals surface area contributed by atoms with Crippen LogP contribution in [0.25, 0.3) is 264 Å². The summed E-state index contributed by atoms with van der Waals surface area (Å²) in [7, 11) is 0. The van der Waals surface area contributed by atoms with Crippen molar-refractivity contribution in [2.75, 3.05) is 0 Å². The van der Waals surface area contributed by atoms with E-state index in [1.54, 1.807) is 0 Å². The van der Waals surface area contributed by atoms with E-state index < -0.39 is 0 Å². The first-order valence-electron chi connectivity index (χ1n) is 44.8. The molecule has 15 aromatic carbocycles. The average molecular weight is 1730 g/mol. The van der Waals surface area contributed by atoms with Crippen molar-refractivity contribution in [3.05, 3.63) is 430 Å². The Morgan fingerprint density at radius 3 is 0.763 bits per heavy atom. The number of aromatic nitrogens is 12. The Kier molecular flexibility index (Phi) is 20.3. The molecule has 0 saturated carbocycles. The number of benzene rings is 15. The molecule has 0 N–H and O–H groups in total. The van der Waals surface area contributed by atoms with Crippen LogP contribution in [0.5, 0.6) is 0 Å². The number of aryl methyl sites for hydroxylation is 1. The molecule has 0 spiro atoms. The van der Waals surface area contributed by atoms with E-state index in [9.17, 15) is 0 Å². The molecule has 0 aliphatic heterocycles. The maximum absolute atomic E-state index is 6.51. The zero-order valence-electron chi connectivity index (χ0n) is 73.0. The molecule has 24 rings (SSSR count). The zero-order chi connectivity index (χ0) is 89.8. The maximum Gasteiger partial charge on any atom is 0.167 e. The molecule has 0 aliphatic carbocycles. The number of hydrogen-bond acceptors (Lipinski definition) is 15. The van der Waals surface area contributed by atoms with Crippen molar-refractivity contribution in [3.8, 4) is 203 Å². The highest BCUT2D eigenvalue weighted by molar-refractivity contribution is 6.11. The summed E-state index contributed by atoms with van der Waals surface area (Å²) in [6.07, 6.45) is 9.51. The molecule has 0 saturated heterocycles. The highest BCUT2D eigenvalue weighted by Crippen LogP contribution is 2.46. The van der Waals surface area contributed by atoms with E-state index in [2.05, 4.69) is 201 Å². The minimum absolute atomic E-state index is 0.498. The summed E-state index contributed by atoms with van der Waals surface area (Å²) in [6, 6.07) is 136. The Hall–Kier alpha value is -18.3. The lowest BCUT2D eigenvalue weighted by molar-refractivity contribution is 0.601. The van der Waals surface area contributed by atoms with Gasteiger partial charge in [0, 0.05) is 101 Å². The lowest BCUT2D eigenvalue weighted by Crippen LogP contribution is -2.00. The minimum atomic E-state index is 0.498. The number of pyridine rings is 3. The summed E-state index contributed by atoms with van der Waals surface area (Å²) in [5, 5.41) is 5.05. The van der Waals surface area contributed by atoms with Crippen molar-refractivity contribution in [2.24, 2.45) is 0 Å². The minimum Gasteiger partial charge on any atom is -0.456 e. The first-order chi connectivity index (χ1) is 66.7. The summed E-state index contributed by atoms with van der Waals surface area (Å²) < 4.78 is 19.5. The molecule has 634 valence electrons. The molecule has 15 nitrogen and oxygen atoms in total. The van der Waals surface area contributed by atoms with Crippen LogP contribution in [0.4, 0.5) is 0 Å². The fourth-order valence-corrected chi connectivity index (χ4v) is 18.2. The molecule has 0 unspecified atom stereocenters. The standard InChI is InChI=1S/C120H76N12O3/c1-3-26-106-73(2)89-41-23-44-100(109(89)133-106)118-127-112(80-27-7-4-8-28-80)124-115(130-118)83-61-64-103(121-70-83)77-55-49-74(50-56-77)90-33-13-16-36-93(90)86-67-87(94-37-17-14-34-91(94)75-51-57-78(58-52-75)104-65-62-84(71-122-104)116-125-113(81-29-9-5-10-30-81)128-119(131-116)101-45-24-42-98-96-39-19-21-47-107(96)134-110(98)101)69-88(68-86)95-38-18-15-35-92(95)76-53-59-79(60-54-76)105-66-63-85(72-123-105)117-126-114(82-31-11-6-12-32-82)129-120(132-117)102-46-25-43-99-97-40-20-22-48-108(97)135-111(99)102/h3-72H,1-2H3/b26-3-. The fourth-order valence-electron chi connectivity index (χ4n) is 18.2. The largest absolute Gasteiger partial charge is 0.456 e. The van der Waals surface area contributed by atoms with Crippen LogP contribution < -0.4 is 0 Å². The molecule has 9 aromatic heterocycles. The van der Waals surface area contributed by atoms with Crippen LogP contribution in [0.2, 0.25) is 0 Å². The highest BCUT2D eigenvalue weighted by atomic mass is 16.3. The van der Waals surface area contributed by atoms with Crippen molar-refractivity contribution < 1.29 is 13.3 Å². The van der Waals surface area contributed by atoms with Gasteiger partial charge in [0.25, 0.3) is 0 Å². The number of hydrogen-bond donors (Lipinski definition) is 0. The third-order valence-electron chi connectivity index (χ3n) is 25.0. The van der Waals surface area contributed by atoms with Crippen molar-refractivity contribution in [3.63, 3.8) is 0 Å². The van der Waals surface area contributed by atoms with Gasteiger partial charge in [-0.3, -0.25) is 15.0 Å². The van der Waals surface area contributed by atoms with E-state index in [-0.39, 0.29) is 0 Å². The zero-order valence-corrected chi connectivity index (χ0v) is 73.0. The normalized spacial score (nSPS) is 11.6. The number of para-hydroxylation sites is 5. The molecular weight excluding hydrogens is 1660 g/mol. The lowest BCUT2D eigenvalue weighted by Gasteiger charge is -2.18. The Morgan fingerprint density at radius 1 is 0.193 bits per heavy atom. The topological polar surface area (TPSA) is 194 Å². The summed E-state index contributed by atoms with van der Waals surface area (Å²) in [5.41, 5.74) is 30.0. The maximum atomic E-state index is 6.51. The van der Waals surface area contributed by atoms with Crippen molar-refractivity contribution >= 4 is 60.9 Å². The smallest absolute Gasteiger partial charge is 0.167 e. The molecular formula is C120H76N12O3. The van der Waals surface area contributed by atoms with Gasteiger partial charge in [-0.25, -0.2) is 44.9 Å². The number of rotatable bonds is 19. The van der Waals surface area contributed by atoms with Crippen molar-refractivity contribution in [1.82, 2.24) is 59.8 Å². The van der Waals surface area contributed by atoms with Gasteiger partial charge in [0.1, 0.15) is 33.7 Å². The van der Waals surface area contributed by atoms with Crippen molar-refractivity contribution in [2.45, 2.75) is 13.8 Å². The molecule has 15 heteroatoms. The number of fused-ring (bicyclic) bond motifs is 7. The number of nitrogens with zero attached hydrogens (tertiary/aromatic N) is 12. The molecule has 0 radical (unpaired) electrons. The molecule has 9 heterocycles. The second kappa shape index (κ2) is 34.3. The molecule has 0 aliphatic rings. The monoisotopic (exact) mass is 1730 g/mol. The Balaban J connectivity index is 0.563. The first-order valence-corrected chi connectivity index (χ1v) is 44.8. The quantitative estimate of drug-likeness (QED) is 0.0741. The van der Waals surface area contributed by atoms with Gasteiger partial charge in [-0.2, -0.15) is 0 Å². The second-order valence-corrected chi connectivity index (χ2v) is 33.3. The molecule has 0 amide bonds. The van der Waals surface area contributed by atoms with E-state index in [4.69, 9.17) is 73.1 Å². The van der Waals surface area contributed by atoms with Crippen LogP contribution in [0.3, 0.4) is 0 Å². The van der Waals surface area contributed by atoms with Crippen LogP contribution in [0, 0.1) is 6.92 Å². The molecule has 0 bridgehead atoms. The molecule has 24 aromatic rings. The predicted molar refractivity (Wildman–Crippen MR) is 542 cm³/mol. The van der Waals surface area contributed by atoms with Crippen LogP contribution >= 0.6 is 0 Å². The van der Waals surface area contributed by atoms with E-state index in [0.717, 1.165) is 217 Å². The summed E-state index contributed by atoms with van der Waals surface area (Å²) in [4.78, 5) is 61.1. The number of allylic oxidation sites excluding steroid dienone is 1. The molecule has 135 heavy (non-hydrogen) atoms. The second-order valence-electron chi connectivity index (χ2n) is 33.3. The van der Waals surface area contributed by atoms with Gasteiger partial charge in [-0.05, 0) is 172 Å². The molecule has 0 atom stereocenters. The first kappa shape index (κ1) is 80.0. The molecule has 0 fully saturated rings. The van der Waals surface area contributed by atoms with Crippen LogP contribution in [0.15, 0.2) is 432 Å². The predicted octanol–water partition coefficient (Wildman–Crippen LogP) is 30.3. The van der Waals surface area contributed by atoms with Crippen LogP contribution in [-0.4, -0.2) is 59.8 Å². The van der Waals surface area contributed by atoms with Gasteiger partial charge in [-0.15, -0.1) is 0 Å². The summed E-state index contributed by atoms with van der Waals surface area (Å²) in [5.74, 6) is 5.46. The van der Waals surface area contributed by atoms with Gasteiger partial charge in [-0.1, -0.05) is 315 Å². The van der Waals surface area contributed by atoms with E-state index in [1.165, 1.54) is 0 Å². The summed E-state index contributed by atoms with van der Waals surface area (Å²) in [6.45, 7) is 4.06. The van der Waals surface area contributed by atoms with Gasteiger partial charge >= 0.3 is 0 Å². The third kappa shape index (κ3) is 15.2. The highest BCUT2D eigenvalue weighted by Gasteiger charge is 2.26. The van der Waals surface area contributed by atoms with E-state index in [1.807, 2.05) is 238 Å². The number of furan rings is 3. The van der Waals surface area contributed by atoms with Crippen molar-refractivity contribution in [1.29, 1.82) is 0 Å². The van der Waals surface area contributed by atoms with Crippen LogP contribution in [0.1, 0.15) is 18.2 Å². The van der Waals surface area contributed by atoms with Gasteiger partial charge < -0.3 is 13.3 Å². The van der Waals surface area contributed by atoms with E-state index in [0.29, 0.717) is 52.4 Å². The Morgan fingerprint density at radius 2 is 0.444 bits per heavy atom. The summed E-state index contributed by atoms with van der Waals surface area (Å²) >= 11 is 0. The fraction of sp³-hybridized carbons (Fsp3) is 0.0167. The average Bonchev–Trinajstić information content (AvgIpc) is 1.73. The lowest BCUT2D eigenvalue weighted by atomic mass is 9.86. The Labute approximate surface area is 776 Å². The SMILES string of the molecule is C/C=C\c1oc2c(-c3nc(-c4ccccc4)nc(-c4ccc(-c5ccc(-c6ccccc6-c6cc(-c7ccccc7-c7ccc(-c8ccc(-c9nc(-c%10ccccc%10)nc(-c%10cccc%11c%10oc%10ccccc%10%11)n9)cn8)cc7)cc(-c7ccccc7-c7ccc(-c8ccc(-c9nc(-c%10ccccc%10)nc(-c%10cccc%11c%10oc%10ccccc%10%11)n9)cn8)cc7)c6)cc5)nc4)n3)cccc2c1C. The van der Waals surface area contributed by atoms with Gasteiger partial charge in [0.2, 0.25) is 0 Å². The Bertz CT molecular complexity index is 8330. The van der Waals surface area contributed by atoms with Gasteiger partial charge in [0.15, 0.2) is 52.4 Å². The van der Waals surface area contributed by atoms with E-state index >= 15 is 0 Å². The van der Waals surface area contributed by atoms with Gasteiger partial charge in [0.05, 0.1) is 33.8 Å². The van der Waals surface area contributed by atoms with Crippen LogP contribution in [-0.2, 0) is 0 Å². The third-order valence-corrected chi connectivity index (χ3v) is 25.0.